The molecule has 4 N–H and O–H groups in total. The minimum absolute atomic E-state index is 0.0508. The summed E-state index contributed by atoms with van der Waals surface area (Å²) in [7, 11) is -2.18. The van der Waals surface area contributed by atoms with E-state index in [1.807, 2.05) is 30.3 Å². The molecule has 3 rings (SSSR count). The normalized spacial score (nSPS) is 20.7. The minimum atomic E-state index is -3.65. The zero-order chi connectivity index (χ0) is 18.2. The number of methoxy groups -OCH3 is 1. The van der Waals surface area contributed by atoms with Crippen molar-refractivity contribution in [3.8, 4) is 0 Å². The van der Waals surface area contributed by atoms with Crippen molar-refractivity contribution in [3.05, 3.63) is 65.2 Å². The standard InChI is InChI=1S/C17H17N3O4S/c1-24-17(12-5-3-2-4-6-12)10-25(22,23)14-9-11(7-8-13(14)17)15(21)20-16(18)19/h2-9H,10H2,1H3,(H4,18,19,20,21). The number of ether oxygens (including phenoxy) is 1. The average Bonchev–Trinajstić information content (AvgIpc) is 2.83. The molecule has 1 heterocycles. The van der Waals surface area contributed by atoms with Crippen molar-refractivity contribution in [1.82, 2.24) is 0 Å². The lowest BCUT2D eigenvalue weighted by Gasteiger charge is -2.28. The van der Waals surface area contributed by atoms with Crippen molar-refractivity contribution in [1.29, 1.82) is 0 Å². The van der Waals surface area contributed by atoms with Crippen LogP contribution in [0.3, 0.4) is 0 Å². The Kier molecular flexibility index (Phi) is 4.09. The summed E-state index contributed by atoms with van der Waals surface area (Å²) in [5.74, 6) is -1.33. The van der Waals surface area contributed by atoms with Crippen LogP contribution in [0.2, 0.25) is 0 Å². The fourth-order valence-corrected chi connectivity index (χ4v) is 5.09. The molecule has 130 valence electrons. The number of sulfone groups is 1. The number of hydrogen-bond acceptors (Lipinski definition) is 4. The van der Waals surface area contributed by atoms with Crippen LogP contribution in [0.5, 0.6) is 0 Å². The Morgan fingerprint density at radius 3 is 2.44 bits per heavy atom. The Morgan fingerprint density at radius 1 is 1.16 bits per heavy atom. The summed E-state index contributed by atoms with van der Waals surface area (Å²) in [5, 5.41) is 0. The number of fused-ring (bicyclic) bond motifs is 1. The number of nitrogens with two attached hydrogens (primary N) is 2. The van der Waals surface area contributed by atoms with Gasteiger partial charge in [0.2, 0.25) is 0 Å². The highest BCUT2D eigenvalue weighted by molar-refractivity contribution is 7.91. The molecule has 1 unspecified atom stereocenters. The number of rotatable bonds is 3. The molecule has 0 fully saturated rings. The van der Waals surface area contributed by atoms with E-state index in [4.69, 9.17) is 16.2 Å². The fourth-order valence-electron chi connectivity index (χ4n) is 3.08. The maximum atomic E-state index is 12.7. The van der Waals surface area contributed by atoms with Crippen molar-refractivity contribution >= 4 is 21.7 Å². The molecule has 0 spiro atoms. The number of guanidine groups is 1. The molecule has 8 heteroatoms. The number of amides is 1. The highest BCUT2D eigenvalue weighted by Gasteiger charge is 2.49. The number of nitrogens with zero attached hydrogens (tertiary/aromatic N) is 1. The molecule has 1 aliphatic rings. The highest BCUT2D eigenvalue weighted by Crippen LogP contribution is 2.45. The molecule has 1 amide bonds. The molecular weight excluding hydrogens is 342 g/mol. The van der Waals surface area contributed by atoms with Crippen LogP contribution in [0.4, 0.5) is 0 Å². The molecule has 7 nitrogen and oxygen atoms in total. The zero-order valence-electron chi connectivity index (χ0n) is 13.5. The van der Waals surface area contributed by atoms with Gasteiger partial charge >= 0.3 is 0 Å². The van der Waals surface area contributed by atoms with Gasteiger partial charge in [0.1, 0.15) is 5.60 Å². The van der Waals surface area contributed by atoms with Crippen LogP contribution in [0.25, 0.3) is 0 Å². The summed E-state index contributed by atoms with van der Waals surface area (Å²) >= 11 is 0. The Bertz CT molecular complexity index is 967. The van der Waals surface area contributed by atoms with Crippen LogP contribution >= 0.6 is 0 Å². The largest absolute Gasteiger partial charge is 0.370 e. The van der Waals surface area contributed by atoms with E-state index < -0.39 is 21.3 Å². The lowest BCUT2D eigenvalue weighted by molar-refractivity contribution is 0.0437. The van der Waals surface area contributed by atoms with Crippen molar-refractivity contribution < 1.29 is 17.9 Å². The number of carbonyl (C=O) groups excluding carboxylic acids is 1. The second-order valence-corrected chi connectivity index (χ2v) is 7.67. The van der Waals surface area contributed by atoms with E-state index in [0.29, 0.717) is 5.56 Å². The highest BCUT2D eigenvalue weighted by atomic mass is 32.2. The molecule has 1 atom stereocenters. The summed E-state index contributed by atoms with van der Waals surface area (Å²) in [6.07, 6.45) is 0. The van der Waals surface area contributed by atoms with Crippen molar-refractivity contribution in [2.24, 2.45) is 16.5 Å². The quantitative estimate of drug-likeness (QED) is 0.616. The van der Waals surface area contributed by atoms with E-state index in [1.54, 1.807) is 6.07 Å². The van der Waals surface area contributed by atoms with E-state index in [2.05, 4.69) is 4.99 Å². The van der Waals surface area contributed by atoms with Crippen LogP contribution in [0.1, 0.15) is 21.5 Å². The second-order valence-electron chi connectivity index (χ2n) is 5.71. The Balaban J connectivity index is 2.21. The first-order valence-electron chi connectivity index (χ1n) is 7.42. The maximum absolute atomic E-state index is 12.7. The summed E-state index contributed by atoms with van der Waals surface area (Å²) in [6.45, 7) is 0. The summed E-state index contributed by atoms with van der Waals surface area (Å²) < 4.78 is 31.1. The van der Waals surface area contributed by atoms with Gasteiger partial charge in [-0.25, -0.2) is 8.42 Å². The van der Waals surface area contributed by atoms with Gasteiger partial charge in [-0.15, -0.1) is 0 Å². The lowest BCUT2D eigenvalue weighted by atomic mass is 9.87. The van der Waals surface area contributed by atoms with Gasteiger partial charge in [0.15, 0.2) is 15.8 Å². The monoisotopic (exact) mass is 359 g/mol. The van der Waals surface area contributed by atoms with Crippen molar-refractivity contribution in [2.75, 3.05) is 12.9 Å². The van der Waals surface area contributed by atoms with Crippen LogP contribution < -0.4 is 11.5 Å². The summed E-state index contributed by atoms with van der Waals surface area (Å²) in [6, 6.07) is 13.5. The van der Waals surface area contributed by atoms with Gasteiger partial charge in [-0.3, -0.25) is 4.79 Å². The van der Waals surface area contributed by atoms with Crippen LogP contribution in [-0.4, -0.2) is 33.1 Å². The van der Waals surface area contributed by atoms with Gasteiger partial charge in [-0.2, -0.15) is 4.99 Å². The SMILES string of the molecule is COC1(c2ccccc2)CS(=O)(=O)c2cc(C(=O)N=C(N)N)ccc21. The third-order valence-electron chi connectivity index (χ3n) is 4.21. The molecule has 2 aromatic rings. The van der Waals surface area contributed by atoms with Crippen LogP contribution in [0, 0.1) is 0 Å². The Hall–Kier alpha value is -2.71. The van der Waals surface area contributed by atoms with Gasteiger partial charge in [-0.1, -0.05) is 36.4 Å². The predicted octanol–water partition coefficient (Wildman–Crippen LogP) is 0.778. The molecule has 0 radical (unpaired) electrons. The van der Waals surface area contributed by atoms with Crippen molar-refractivity contribution in [2.45, 2.75) is 10.5 Å². The van der Waals surface area contributed by atoms with Gasteiger partial charge in [0, 0.05) is 18.2 Å². The molecule has 0 aliphatic carbocycles. The first-order valence-corrected chi connectivity index (χ1v) is 9.07. The molecule has 1 aliphatic heterocycles. The number of benzene rings is 2. The molecule has 0 bridgehead atoms. The first-order chi connectivity index (χ1) is 11.8. The molecule has 2 aromatic carbocycles. The number of aliphatic imine (C=N–C) groups is 1. The Labute approximate surface area is 145 Å². The van der Waals surface area contributed by atoms with Gasteiger partial charge in [0.25, 0.3) is 5.91 Å². The number of hydrogen-bond donors (Lipinski definition) is 2. The molecule has 0 saturated carbocycles. The van der Waals surface area contributed by atoms with Crippen molar-refractivity contribution in [3.63, 3.8) is 0 Å². The minimum Gasteiger partial charge on any atom is -0.370 e. The predicted molar refractivity (Wildman–Crippen MR) is 92.9 cm³/mol. The van der Waals surface area contributed by atoms with E-state index in [0.717, 1.165) is 5.56 Å². The van der Waals surface area contributed by atoms with Crippen LogP contribution in [0.15, 0.2) is 58.4 Å². The second kappa shape index (κ2) is 5.98. The average molecular weight is 359 g/mol. The summed E-state index contributed by atoms with van der Waals surface area (Å²) in [4.78, 5) is 15.5. The lowest BCUT2D eigenvalue weighted by Crippen LogP contribution is -2.32. The zero-order valence-corrected chi connectivity index (χ0v) is 14.3. The smallest absolute Gasteiger partial charge is 0.280 e. The van der Waals surface area contributed by atoms with Gasteiger partial charge in [0.05, 0.1) is 10.6 Å². The molecular formula is C17H17N3O4S. The van der Waals surface area contributed by atoms with E-state index >= 15 is 0 Å². The Morgan fingerprint density at radius 2 is 1.84 bits per heavy atom. The number of carbonyl (C=O) groups is 1. The summed E-state index contributed by atoms with van der Waals surface area (Å²) in [5.41, 5.74) is 10.6. The van der Waals surface area contributed by atoms with Gasteiger partial charge in [-0.05, 0) is 17.7 Å². The third-order valence-corrected chi connectivity index (χ3v) is 6.01. The van der Waals surface area contributed by atoms with Crippen LogP contribution in [-0.2, 0) is 20.2 Å². The van der Waals surface area contributed by atoms with E-state index in [9.17, 15) is 13.2 Å². The fraction of sp³-hybridized carbons (Fsp3) is 0.176. The molecule has 0 saturated heterocycles. The third kappa shape index (κ3) is 2.79. The van der Waals surface area contributed by atoms with E-state index in [1.165, 1.54) is 19.2 Å². The first kappa shape index (κ1) is 17.1. The topological polar surface area (TPSA) is 125 Å². The van der Waals surface area contributed by atoms with Gasteiger partial charge < -0.3 is 16.2 Å². The molecule has 0 aromatic heterocycles. The maximum Gasteiger partial charge on any atom is 0.280 e. The van der Waals surface area contributed by atoms with E-state index in [-0.39, 0.29) is 22.2 Å². The molecule has 25 heavy (non-hydrogen) atoms.